The summed E-state index contributed by atoms with van der Waals surface area (Å²) in [5.74, 6) is 1.87. The minimum absolute atomic E-state index is 0.416. The van der Waals surface area contributed by atoms with E-state index in [9.17, 15) is 0 Å². The molecule has 106 valence electrons. The summed E-state index contributed by atoms with van der Waals surface area (Å²) in [4.78, 5) is 5.46. The Balaban J connectivity index is 1.67. The van der Waals surface area contributed by atoms with Crippen LogP contribution in [0, 0.1) is 0 Å². The van der Waals surface area contributed by atoms with E-state index in [-0.39, 0.29) is 0 Å². The Morgan fingerprint density at radius 3 is 2.80 bits per heavy atom. The average molecular weight is 310 g/mol. The molecule has 1 aromatic heterocycles. The summed E-state index contributed by atoms with van der Waals surface area (Å²) >= 11 is 7.71. The molecule has 0 saturated heterocycles. The van der Waals surface area contributed by atoms with Gasteiger partial charge in [0.25, 0.3) is 0 Å². The molecular formula is C14H16ClN3OS. The fraction of sp³-hybridized carbons (Fsp3) is 0.429. The molecular weight excluding hydrogens is 294 g/mol. The molecule has 3 rings (SSSR count). The number of hydrogen-bond donors (Lipinski definition) is 1. The molecule has 0 atom stereocenters. The number of thioether (sulfide) groups is 1. The number of rotatable bonds is 4. The molecule has 0 spiro atoms. The van der Waals surface area contributed by atoms with Crippen molar-refractivity contribution in [3.63, 3.8) is 0 Å². The van der Waals surface area contributed by atoms with E-state index < -0.39 is 5.54 Å². The Bertz CT molecular complexity index is 596. The number of nitrogens with two attached hydrogens (primary N) is 1. The van der Waals surface area contributed by atoms with Crippen molar-refractivity contribution >= 4 is 23.4 Å². The van der Waals surface area contributed by atoms with Crippen molar-refractivity contribution in [2.45, 2.75) is 41.9 Å². The van der Waals surface area contributed by atoms with Gasteiger partial charge in [-0.15, -0.1) is 11.8 Å². The summed E-state index contributed by atoms with van der Waals surface area (Å²) in [7, 11) is 0. The third-order valence-electron chi connectivity index (χ3n) is 3.58. The van der Waals surface area contributed by atoms with Crippen molar-refractivity contribution in [3.05, 3.63) is 41.0 Å². The summed E-state index contributed by atoms with van der Waals surface area (Å²) in [6.07, 6.45) is 4.10. The maximum absolute atomic E-state index is 6.30. The molecule has 4 nitrogen and oxygen atoms in total. The van der Waals surface area contributed by atoms with Crippen LogP contribution in [0.2, 0.25) is 5.02 Å². The van der Waals surface area contributed by atoms with E-state index in [1.165, 1.54) is 0 Å². The van der Waals surface area contributed by atoms with Gasteiger partial charge in [0, 0.05) is 4.90 Å². The van der Waals surface area contributed by atoms with Gasteiger partial charge in [0.15, 0.2) is 5.82 Å². The Hall–Kier alpha value is -1.04. The second kappa shape index (κ2) is 5.76. The van der Waals surface area contributed by atoms with Gasteiger partial charge in [-0.2, -0.15) is 4.98 Å². The Morgan fingerprint density at radius 1 is 1.30 bits per heavy atom. The lowest BCUT2D eigenvalue weighted by Gasteiger charge is -2.17. The van der Waals surface area contributed by atoms with Gasteiger partial charge in [0.05, 0.1) is 16.3 Å². The fourth-order valence-electron chi connectivity index (χ4n) is 2.44. The summed E-state index contributed by atoms with van der Waals surface area (Å²) in [6.45, 7) is 0. The van der Waals surface area contributed by atoms with Crippen LogP contribution in [0.4, 0.5) is 0 Å². The van der Waals surface area contributed by atoms with E-state index in [0.717, 1.165) is 35.6 Å². The molecule has 1 heterocycles. The molecule has 2 N–H and O–H groups in total. The van der Waals surface area contributed by atoms with E-state index in [2.05, 4.69) is 10.1 Å². The quantitative estimate of drug-likeness (QED) is 0.871. The molecule has 1 saturated carbocycles. The molecule has 1 aliphatic rings. The van der Waals surface area contributed by atoms with Crippen LogP contribution in [0.15, 0.2) is 33.7 Å². The summed E-state index contributed by atoms with van der Waals surface area (Å²) in [6, 6.07) is 7.73. The van der Waals surface area contributed by atoms with Crippen molar-refractivity contribution in [2.75, 3.05) is 0 Å². The highest BCUT2D eigenvalue weighted by molar-refractivity contribution is 7.98. The van der Waals surface area contributed by atoms with Crippen LogP contribution < -0.4 is 5.73 Å². The second-order valence-corrected chi connectivity index (χ2v) is 6.52. The summed E-state index contributed by atoms with van der Waals surface area (Å²) in [5, 5.41) is 4.76. The van der Waals surface area contributed by atoms with Crippen LogP contribution in [-0.2, 0) is 11.3 Å². The molecule has 2 aromatic rings. The smallest absolute Gasteiger partial charge is 0.246 e. The van der Waals surface area contributed by atoms with Crippen LogP contribution in [-0.4, -0.2) is 10.1 Å². The first kappa shape index (κ1) is 13.9. The Labute approximate surface area is 127 Å². The zero-order valence-corrected chi connectivity index (χ0v) is 12.6. The standard InChI is InChI=1S/C14H16ClN3OS/c15-10-5-1-2-6-11(10)20-9-12-17-13(19-18-12)14(16)7-3-4-8-14/h1-2,5-6H,3-4,7-9,16H2. The lowest BCUT2D eigenvalue weighted by atomic mass is 10.00. The zero-order chi connectivity index (χ0) is 14.0. The number of hydrogen-bond acceptors (Lipinski definition) is 5. The van der Waals surface area contributed by atoms with Crippen LogP contribution in [0.3, 0.4) is 0 Å². The third kappa shape index (κ3) is 2.85. The molecule has 0 aliphatic heterocycles. The molecule has 1 aliphatic carbocycles. The van der Waals surface area contributed by atoms with Crippen LogP contribution in [0.5, 0.6) is 0 Å². The lowest BCUT2D eigenvalue weighted by Crippen LogP contribution is -2.33. The van der Waals surface area contributed by atoms with Crippen molar-refractivity contribution in [1.82, 2.24) is 10.1 Å². The predicted molar refractivity (Wildman–Crippen MR) is 79.6 cm³/mol. The number of halogens is 1. The van der Waals surface area contributed by atoms with Crippen molar-refractivity contribution in [3.8, 4) is 0 Å². The first-order valence-corrected chi connectivity index (χ1v) is 8.03. The molecule has 6 heteroatoms. The molecule has 0 radical (unpaired) electrons. The minimum atomic E-state index is -0.416. The van der Waals surface area contributed by atoms with Gasteiger partial charge in [0.2, 0.25) is 5.89 Å². The van der Waals surface area contributed by atoms with Gasteiger partial charge < -0.3 is 10.3 Å². The van der Waals surface area contributed by atoms with Crippen LogP contribution in [0.25, 0.3) is 0 Å². The fourth-order valence-corrected chi connectivity index (χ4v) is 3.52. The van der Waals surface area contributed by atoms with Crippen LogP contribution in [0.1, 0.15) is 37.4 Å². The van der Waals surface area contributed by atoms with Crippen molar-refractivity contribution in [1.29, 1.82) is 0 Å². The molecule has 1 fully saturated rings. The van der Waals surface area contributed by atoms with Gasteiger partial charge in [-0.3, -0.25) is 0 Å². The number of aromatic nitrogens is 2. The maximum atomic E-state index is 6.30. The monoisotopic (exact) mass is 309 g/mol. The zero-order valence-electron chi connectivity index (χ0n) is 11.0. The molecule has 20 heavy (non-hydrogen) atoms. The highest BCUT2D eigenvalue weighted by Crippen LogP contribution is 2.36. The summed E-state index contributed by atoms with van der Waals surface area (Å²) < 4.78 is 5.34. The molecule has 1 aromatic carbocycles. The first-order chi connectivity index (χ1) is 9.67. The first-order valence-electron chi connectivity index (χ1n) is 6.67. The van der Waals surface area contributed by atoms with E-state index >= 15 is 0 Å². The van der Waals surface area contributed by atoms with Gasteiger partial charge in [0.1, 0.15) is 0 Å². The SMILES string of the molecule is NC1(c2nc(CSc3ccccc3Cl)no2)CCCC1. The largest absolute Gasteiger partial charge is 0.337 e. The number of nitrogens with zero attached hydrogens (tertiary/aromatic N) is 2. The van der Waals surface area contributed by atoms with Gasteiger partial charge in [-0.05, 0) is 25.0 Å². The van der Waals surface area contributed by atoms with E-state index in [4.69, 9.17) is 21.9 Å². The highest BCUT2D eigenvalue weighted by Gasteiger charge is 2.36. The normalized spacial score (nSPS) is 17.5. The van der Waals surface area contributed by atoms with Crippen LogP contribution >= 0.6 is 23.4 Å². The average Bonchev–Trinajstić information content (AvgIpc) is 3.08. The van der Waals surface area contributed by atoms with Gasteiger partial charge in [-0.1, -0.05) is 41.7 Å². The predicted octanol–water partition coefficient (Wildman–Crippen LogP) is 3.74. The summed E-state index contributed by atoms with van der Waals surface area (Å²) in [5.41, 5.74) is 5.88. The highest BCUT2D eigenvalue weighted by atomic mass is 35.5. The second-order valence-electron chi connectivity index (χ2n) is 5.10. The third-order valence-corrected chi connectivity index (χ3v) is 5.09. The topological polar surface area (TPSA) is 64.9 Å². The Kier molecular flexibility index (Phi) is 4.01. The Morgan fingerprint density at radius 2 is 2.05 bits per heavy atom. The molecule has 0 unspecified atom stereocenters. The van der Waals surface area contributed by atoms with Crippen molar-refractivity contribution in [2.24, 2.45) is 5.73 Å². The minimum Gasteiger partial charge on any atom is -0.337 e. The van der Waals surface area contributed by atoms with E-state index in [1.54, 1.807) is 11.8 Å². The van der Waals surface area contributed by atoms with Gasteiger partial charge in [-0.25, -0.2) is 0 Å². The van der Waals surface area contributed by atoms with Gasteiger partial charge >= 0.3 is 0 Å². The molecule has 0 amide bonds. The van der Waals surface area contributed by atoms with E-state index in [1.807, 2.05) is 24.3 Å². The molecule has 0 bridgehead atoms. The van der Waals surface area contributed by atoms with E-state index in [0.29, 0.717) is 17.5 Å². The number of benzene rings is 1. The maximum Gasteiger partial charge on any atom is 0.246 e. The van der Waals surface area contributed by atoms with Crippen molar-refractivity contribution < 1.29 is 4.52 Å². The lowest BCUT2D eigenvalue weighted by molar-refractivity contribution is 0.284.